The summed E-state index contributed by atoms with van der Waals surface area (Å²) in [5, 5.41) is 0. The van der Waals surface area contributed by atoms with Crippen molar-refractivity contribution in [3.05, 3.63) is 58.3 Å². The predicted molar refractivity (Wildman–Crippen MR) is 100 cm³/mol. The van der Waals surface area contributed by atoms with Crippen molar-refractivity contribution < 1.29 is 14.3 Å². The van der Waals surface area contributed by atoms with Crippen LogP contribution in [0.1, 0.15) is 47.5 Å². The lowest BCUT2D eigenvalue weighted by molar-refractivity contribution is 0.0631. The van der Waals surface area contributed by atoms with E-state index in [1.54, 1.807) is 23.1 Å². The highest BCUT2D eigenvalue weighted by Crippen LogP contribution is 2.24. The first-order valence-corrected chi connectivity index (χ1v) is 9.09. The molecule has 1 N–H and O–H groups in total. The summed E-state index contributed by atoms with van der Waals surface area (Å²) in [7, 11) is 0. The second-order valence-corrected chi connectivity index (χ2v) is 6.95. The molecule has 27 heavy (non-hydrogen) atoms. The number of carbonyl (C=O) groups excluding carboxylic acids is 2. The van der Waals surface area contributed by atoms with Gasteiger partial charge in [-0.05, 0) is 38.8 Å². The number of aromatic amines is 1. The van der Waals surface area contributed by atoms with Gasteiger partial charge in [-0.15, -0.1) is 0 Å². The summed E-state index contributed by atoms with van der Waals surface area (Å²) >= 11 is 0. The maximum Gasteiger partial charge on any atom is 0.273 e. The number of aromatic nitrogens is 2. The van der Waals surface area contributed by atoms with Crippen molar-refractivity contribution in [2.24, 2.45) is 5.92 Å². The maximum atomic E-state index is 12.9. The van der Waals surface area contributed by atoms with Gasteiger partial charge in [0, 0.05) is 30.8 Å². The molecule has 0 aliphatic carbocycles. The normalized spacial score (nSPS) is 17.0. The van der Waals surface area contributed by atoms with Crippen molar-refractivity contribution in [1.82, 2.24) is 14.9 Å². The van der Waals surface area contributed by atoms with E-state index in [1.165, 1.54) is 6.20 Å². The molecule has 1 unspecified atom stereocenters. The number of nitrogens with one attached hydrogen (secondary N) is 1. The first kappa shape index (κ1) is 18.8. The first-order chi connectivity index (χ1) is 12.9. The van der Waals surface area contributed by atoms with Crippen LogP contribution in [0.2, 0.25) is 0 Å². The zero-order valence-corrected chi connectivity index (χ0v) is 15.5. The quantitative estimate of drug-likeness (QED) is 0.817. The van der Waals surface area contributed by atoms with Crippen LogP contribution in [0.25, 0.3) is 0 Å². The third-order valence-corrected chi connectivity index (χ3v) is 4.46. The molecule has 3 rings (SSSR count). The summed E-state index contributed by atoms with van der Waals surface area (Å²) < 4.78 is 5.67. The number of hydrogen-bond donors (Lipinski definition) is 1. The number of amides is 1. The Kier molecular flexibility index (Phi) is 5.69. The molecule has 2 heterocycles. The van der Waals surface area contributed by atoms with E-state index in [9.17, 15) is 14.4 Å². The molecule has 1 aliphatic heterocycles. The van der Waals surface area contributed by atoms with E-state index in [0.29, 0.717) is 24.4 Å². The molecule has 0 bridgehead atoms. The molecule has 0 spiro atoms. The van der Waals surface area contributed by atoms with E-state index in [-0.39, 0.29) is 35.0 Å². The summed E-state index contributed by atoms with van der Waals surface area (Å²) in [6.07, 6.45) is 3.90. The summed E-state index contributed by atoms with van der Waals surface area (Å²) in [5.41, 5.74) is 0.409. The van der Waals surface area contributed by atoms with E-state index >= 15 is 0 Å². The molecule has 7 heteroatoms. The van der Waals surface area contributed by atoms with Crippen LogP contribution in [0.15, 0.2) is 41.5 Å². The zero-order valence-electron chi connectivity index (χ0n) is 15.5. The lowest BCUT2D eigenvalue weighted by Crippen LogP contribution is -2.42. The minimum absolute atomic E-state index is 0.0103. The van der Waals surface area contributed by atoms with Gasteiger partial charge in [0.2, 0.25) is 0 Å². The van der Waals surface area contributed by atoms with Crippen LogP contribution >= 0.6 is 0 Å². The van der Waals surface area contributed by atoms with Crippen molar-refractivity contribution in [3.63, 3.8) is 0 Å². The molecule has 142 valence electrons. The van der Waals surface area contributed by atoms with Gasteiger partial charge in [-0.1, -0.05) is 12.1 Å². The van der Waals surface area contributed by atoms with Gasteiger partial charge in [0.15, 0.2) is 5.78 Å². The second kappa shape index (κ2) is 8.16. The summed E-state index contributed by atoms with van der Waals surface area (Å²) in [5.74, 6) is 0.133. The lowest BCUT2D eigenvalue weighted by atomic mass is 9.90. The van der Waals surface area contributed by atoms with Gasteiger partial charge in [-0.2, -0.15) is 0 Å². The van der Waals surface area contributed by atoms with Gasteiger partial charge in [0.1, 0.15) is 11.4 Å². The van der Waals surface area contributed by atoms with Crippen LogP contribution in [0, 0.1) is 5.92 Å². The molecule has 7 nitrogen and oxygen atoms in total. The number of ether oxygens (including phenoxy) is 1. The Labute approximate surface area is 157 Å². The van der Waals surface area contributed by atoms with Crippen LogP contribution in [0.3, 0.4) is 0 Å². The van der Waals surface area contributed by atoms with Gasteiger partial charge in [-0.25, -0.2) is 4.98 Å². The Hall–Kier alpha value is -2.96. The summed E-state index contributed by atoms with van der Waals surface area (Å²) in [6.45, 7) is 4.78. The average molecular weight is 369 g/mol. The minimum Gasteiger partial charge on any atom is -0.491 e. The molecule has 0 radical (unpaired) electrons. The topological polar surface area (TPSA) is 92.4 Å². The maximum absolute atomic E-state index is 12.9. The fraction of sp³-hybridized carbons (Fsp3) is 0.400. The largest absolute Gasteiger partial charge is 0.491 e. The van der Waals surface area contributed by atoms with Crippen molar-refractivity contribution in [3.8, 4) is 5.75 Å². The van der Waals surface area contributed by atoms with Crippen molar-refractivity contribution in [2.75, 3.05) is 13.1 Å². The van der Waals surface area contributed by atoms with Gasteiger partial charge < -0.3 is 14.6 Å². The number of Topliss-reactive ketones (excluding diaryl/α,β-unsaturated/α-hetero) is 1. The molecule has 1 aliphatic rings. The highest BCUT2D eigenvalue weighted by atomic mass is 16.5. The highest BCUT2D eigenvalue weighted by molar-refractivity contribution is 5.99. The summed E-state index contributed by atoms with van der Waals surface area (Å²) in [6, 6.07) is 7.17. The second-order valence-electron chi connectivity index (χ2n) is 6.95. The van der Waals surface area contributed by atoms with Crippen molar-refractivity contribution in [2.45, 2.75) is 32.8 Å². The molecule has 1 saturated heterocycles. The van der Waals surface area contributed by atoms with E-state index in [0.717, 1.165) is 19.0 Å². The number of carbonyl (C=O) groups is 2. The van der Waals surface area contributed by atoms with Gasteiger partial charge >= 0.3 is 0 Å². The molecule has 1 atom stereocenters. The van der Waals surface area contributed by atoms with Crippen molar-refractivity contribution >= 4 is 11.7 Å². The Morgan fingerprint density at radius 1 is 1.33 bits per heavy atom. The summed E-state index contributed by atoms with van der Waals surface area (Å²) in [4.78, 5) is 44.6. The van der Waals surface area contributed by atoms with E-state index in [4.69, 9.17) is 4.74 Å². The molecule has 1 fully saturated rings. The van der Waals surface area contributed by atoms with Crippen LogP contribution in [-0.4, -0.2) is 45.8 Å². The number of likely N-dealkylation sites (tertiary alicyclic amines) is 1. The molecule has 1 aromatic heterocycles. The number of rotatable bonds is 5. The average Bonchev–Trinajstić information content (AvgIpc) is 2.67. The van der Waals surface area contributed by atoms with Crippen LogP contribution in [0.5, 0.6) is 5.75 Å². The number of nitrogens with zero attached hydrogens (tertiary/aromatic N) is 2. The molecule has 2 aromatic rings. The fourth-order valence-corrected chi connectivity index (χ4v) is 3.23. The predicted octanol–water partition coefficient (Wildman–Crippen LogP) is 2.29. The number of hydrogen-bond acceptors (Lipinski definition) is 5. The van der Waals surface area contributed by atoms with Crippen molar-refractivity contribution in [1.29, 1.82) is 0 Å². The standard InChI is InChI=1S/C20H23N3O4/c1-13(2)27-16-7-3-5-14(9-16)19(25)15-6-4-8-23(12-15)20(26)17-10-22-18(24)11-21-17/h3,5,7,9-11,13,15H,4,6,8,12H2,1-2H3,(H,22,24). The number of ketones is 1. The molecule has 1 aromatic carbocycles. The Morgan fingerprint density at radius 3 is 2.85 bits per heavy atom. The van der Waals surface area contributed by atoms with Gasteiger partial charge in [0.25, 0.3) is 11.5 Å². The van der Waals surface area contributed by atoms with Crippen LogP contribution in [-0.2, 0) is 0 Å². The first-order valence-electron chi connectivity index (χ1n) is 9.09. The van der Waals surface area contributed by atoms with E-state index < -0.39 is 0 Å². The Morgan fingerprint density at radius 2 is 2.15 bits per heavy atom. The molecule has 0 saturated carbocycles. The Balaban J connectivity index is 1.72. The molecule has 1 amide bonds. The minimum atomic E-state index is -0.359. The smallest absolute Gasteiger partial charge is 0.273 e. The highest BCUT2D eigenvalue weighted by Gasteiger charge is 2.30. The van der Waals surface area contributed by atoms with E-state index in [2.05, 4.69) is 9.97 Å². The van der Waals surface area contributed by atoms with Gasteiger partial charge in [0.05, 0.1) is 12.3 Å². The zero-order chi connectivity index (χ0) is 19.4. The Bertz CT molecular complexity index is 870. The SMILES string of the molecule is CC(C)Oc1cccc(C(=O)C2CCCN(C(=O)c3c[nH]c(=O)cn3)C2)c1. The van der Waals surface area contributed by atoms with E-state index in [1.807, 2.05) is 19.9 Å². The third kappa shape index (κ3) is 4.61. The number of H-pyrrole nitrogens is 1. The molecular weight excluding hydrogens is 346 g/mol. The number of benzene rings is 1. The van der Waals surface area contributed by atoms with Crippen LogP contribution < -0.4 is 10.3 Å². The van der Waals surface area contributed by atoms with Gasteiger partial charge in [-0.3, -0.25) is 14.4 Å². The monoisotopic (exact) mass is 369 g/mol. The lowest BCUT2D eigenvalue weighted by Gasteiger charge is -2.31. The van der Waals surface area contributed by atoms with Crippen LogP contribution in [0.4, 0.5) is 0 Å². The fourth-order valence-electron chi connectivity index (χ4n) is 3.23. The third-order valence-electron chi connectivity index (χ3n) is 4.46. The molecular formula is C20H23N3O4. The number of piperidine rings is 1.